The maximum atomic E-state index is 12.5. The highest BCUT2D eigenvalue weighted by Gasteiger charge is 2.35. The van der Waals surface area contributed by atoms with E-state index in [9.17, 15) is 18.3 Å². The molecule has 4 N–H and O–H groups in total. The number of rotatable bonds is 2. The Morgan fingerprint density at radius 2 is 1.94 bits per heavy atom. The largest absolute Gasteiger partial charge is 0.507 e. The van der Waals surface area contributed by atoms with Gasteiger partial charge in [0.2, 0.25) is 0 Å². The van der Waals surface area contributed by atoms with Crippen LogP contribution < -0.4 is 5.73 Å². The van der Waals surface area contributed by atoms with E-state index in [2.05, 4.69) is 15.9 Å². The van der Waals surface area contributed by atoms with Gasteiger partial charge in [0.25, 0.3) is 0 Å². The summed E-state index contributed by atoms with van der Waals surface area (Å²) in [7, 11) is 0. The molecule has 90 valence electrons. The van der Waals surface area contributed by atoms with Crippen molar-refractivity contribution in [3.05, 3.63) is 27.7 Å². The van der Waals surface area contributed by atoms with Gasteiger partial charge in [-0.2, -0.15) is 13.2 Å². The average Bonchev–Trinajstić information content (AvgIpc) is 2.18. The second-order valence-electron chi connectivity index (χ2n) is 3.18. The van der Waals surface area contributed by atoms with Gasteiger partial charge >= 0.3 is 6.18 Å². The van der Waals surface area contributed by atoms with Crippen LogP contribution in [0.3, 0.4) is 0 Å². The van der Waals surface area contributed by atoms with Crippen molar-refractivity contribution in [2.24, 2.45) is 5.73 Å². The number of phenolic OH excluding ortho intramolecular Hbond substituents is 1. The molecule has 0 saturated heterocycles. The van der Waals surface area contributed by atoms with Gasteiger partial charge in [0, 0.05) is 10.0 Å². The summed E-state index contributed by atoms with van der Waals surface area (Å²) in [6, 6.07) is 0.938. The summed E-state index contributed by atoms with van der Waals surface area (Å²) >= 11 is 2.89. The molecule has 0 spiro atoms. The van der Waals surface area contributed by atoms with Gasteiger partial charge in [0.05, 0.1) is 18.2 Å². The van der Waals surface area contributed by atoms with Crippen LogP contribution in [0.4, 0.5) is 13.2 Å². The van der Waals surface area contributed by atoms with E-state index in [4.69, 9.17) is 10.8 Å². The number of nitrogens with two attached hydrogens (primary N) is 1. The van der Waals surface area contributed by atoms with Crippen LogP contribution in [-0.4, -0.2) is 16.8 Å². The Balaban J connectivity index is 3.38. The molecule has 0 unspecified atom stereocenters. The summed E-state index contributed by atoms with van der Waals surface area (Å²) < 4.78 is 37.6. The predicted octanol–water partition coefficient (Wildman–Crippen LogP) is 2.17. The molecule has 7 heteroatoms. The number of benzene rings is 1. The highest BCUT2D eigenvalue weighted by Crippen LogP contribution is 2.40. The third kappa shape index (κ3) is 2.66. The zero-order valence-electron chi connectivity index (χ0n) is 7.92. The maximum Gasteiger partial charge on any atom is 0.420 e. The Morgan fingerprint density at radius 1 is 1.38 bits per heavy atom. The molecule has 0 aromatic heterocycles. The molecule has 0 heterocycles. The summed E-state index contributed by atoms with van der Waals surface area (Å²) in [5.74, 6) is -0.947. The highest BCUT2D eigenvalue weighted by molar-refractivity contribution is 9.10. The summed E-state index contributed by atoms with van der Waals surface area (Å²) in [5, 5.41) is 18.2. The molecular weight excluding hydrogens is 291 g/mol. The molecule has 0 aliphatic heterocycles. The van der Waals surface area contributed by atoms with Gasteiger partial charge < -0.3 is 15.9 Å². The van der Waals surface area contributed by atoms with Crippen molar-refractivity contribution in [3.63, 3.8) is 0 Å². The highest BCUT2D eigenvalue weighted by atomic mass is 79.9. The van der Waals surface area contributed by atoms with Gasteiger partial charge in [0.15, 0.2) is 0 Å². The molecule has 1 rings (SSSR count). The molecule has 0 aliphatic carbocycles. The molecular formula is C9H9BrF3NO2. The average molecular weight is 300 g/mol. The van der Waals surface area contributed by atoms with Gasteiger partial charge in [0.1, 0.15) is 5.75 Å². The Morgan fingerprint density at radius 3 is 2.38 bits per heavy atom. The fraction of sp³-hybridized carbons (Fsp3) is 0.333. The maximum absolute atomic E-state index is 12.5. The van der Waals surface area contributed by atoms with Crippen LogP contribution in [0.25, 0.3) is 0 Å². The van der Waals surface area contributed by atoms with Gasteiger partial charge in [-0.05, 0) is 12.1 Å². The van der Waals surface area contributed by atoms with Crippen molar-refractivity contribution in [1.29, 1.82) is 0 Å². The number of alkyl halides is 3. The zero-order valence-corrected chi connectivity index (χ0v) is 9.51. The summed E-state index contributed by atoms with van der Waals surface area (Å²) in [6.07, 6.45) is -4.67. The third-order valence-electron chi connectivity index (χ3n) is 2.01. The standard InChI is InChI=1S/C9H9BrF3NO2/c10-4-1-5(7(14)3-15)8(16)6(2-4)9(11,12)13/h1-2,7,15-16H,3,14H2/t7-/m0/s1. The van der Waals surface area contributed by atoms with E-state index in [1.807, 2.05) is 0 Å². The second kappa shape index (κ2) is 4.60. The molecule has 0 bridgehead atoms. The number of aliphatic hydroxyl groups excluding tert-OH is 1. The van der Waals surface area contributed by atoms with Crippen LogP contribution in [0, 0.1) is 0 Å². The minimum atomic E-state index is -4.67. The van der Waals surface area contributed by atoms with Gasteiger partial charge in [-0.1, -0.05) is 15.9 Å². The summed E-state index contributed by atoms with van der Waals surface area (Å²) in [4.78, 5) is 0. The predicted molar refractivity (Wildman–Crippen MR) is 54.8 cm³/mol. The Labute approximate surface area is 97.8 Å². The van der Waals surface area contributed by atoms with E-state index in [-0.39, 0.29) is 10.0 Å². The fourth-order valence-electron chi connectivity index (χ4n) is 1.22. The first-order chi connectivity index (χ1) is 7.27. The monoisotopic (exact) mass is 299 g/mol. The Kier molecular flexibility index (Phi) is 3.82. The van der Waals surface area contributed by atoms with Crippen LogP contribution in [0.15, 0.2) is 16.6 Å². The topological polar surface area (TPSA) is 66.5 Å². The first kappa shape index (κ1) is 13.3. The number of halogens is 4. The lowest BCUT2D eigenvalue weighted by Crippen LogP contribution is -2.16. The van der Waals surface area contributed by atoms with E-state index in [1.54, 1.807) is 0 Å². The molecule has 1 aromatic carbocycles. The molecule has 1 aromatic rings. The van der Waals surface area contributed by atoms with Crippen molar-refractivity contribution in [3.8, 4) is 5.75 Å². The van der Waals surface area contributed by atoms with Gasteiger partial charge in [-0.25, -0.2) is 0 Å². The van der Waals surface area contributed by atoms with E-state index < -0.39 is 30.1 Å². The molecule has 3 nitrogen and oxygen atoms in total. The third-order valence-corrected chi connectivity index (χ3v) is 2.46. The number of hydrogen-bond acceptors (Lipinski definition) is 3. The summed E-state index contributed by atoms with van der Waals surface area (Å²) in [6.45, 7) is -0.554. The zero-order chi connectivity index (χ0) is 12.5. The minimum Gasteiger partial charge on any atom is -0.507 e. The van der Waals surface area contributed by atoms with Crippen molar-refractivity contribution in [1.82, 2.24) is 0 Å². The van der Waals surface area contributed by atoms with Gasteiger partial charge in [-0.15, -0.1) is 0 Å². The van der Waals surface area contributed by atoms with Crippen molar-refractivity contribution < 1.29 is 23.4 Å². The Hall–Kier alpha value is -0.790. The molecule has 0 aliphatic rings. The first-order valence-electron chi connectivity index (χ1n) is 4.23. The second-order valence-corrected chi connectivity index (χ2v) is 4.09. The van der Waals surface area contributed by atoms with Crippen LogP contribution in [-0.2, 0) is 6.18 Å². The van der Waals surface area contributed by atoms with E-state index in [1.165, 1.54) is 6.07 Å². The fourth-order valence-corrected chi connectivity index (χ4v) is 1.69. The van der Waals surface area contributed by atoms with Crippen LogP contribution >= 0.6 is 15.9 Å². The van der Waals surface area contributed by atoms with Crippen molar-refractivity contribution >= 4 is 15.9 Å². The molecule has 0 fully saturated rings. The number of aromatic hydroxyl groups is 1. The van der Waals surface area contributed by atoms with E-state index in [0.717, 1.165) is 6.07 Å². The van der Waals surface area contributed by atoms with Crippen LogP contribution in [0.1, 0.15) is 17.2 Å². The van der Waals surface area contributed by atoms with E-state index >= 15 is 0 Å². The molecule has 1 atom stereocenters. The molecule has 0 amide bonds. The normalized spacial score (nSPS) is 13.9. The number of aliphatic hydroxyl groups is 1. The minimum absolute atomic E-state index is 0.136. The lowest BCUT2D eigenvalue weighted by molar-refractivity contribution is -0.138. The smallest absolute Gasteiger partial charge is 0.420 e. The van der Waals surface area contributed by atoms with Crippen LogP contribution in [0.2, 0.25) is 0 Å². The molecule has 0 saturated carbocycles. The quantitative estimate of drug-likeness (QED) is 0.784. The lowest BCUT2D eigenvalue weighted by Gasteiger charge is -2.16. The van der Waals surface area contributed by atoms with Crippen LogP contribution in [0.5, 0.6) is 5.75 Å². The molecule has 0 radical (unpaired) electrons. The van der Waals surface area contributed by atoms with Gasteiger partial charge in [-0.3, -0.25) is 0 Å². The lowest BCUT2D eigenvalue weighted by atomic mass is 10.0. The van der Waals surface area contributed by atoms with E-state index in [0.29, 0.717) is 0 Å². The number of phenols is 1. The summed E-state index contributed by atoms with van der Waals surface area (Å²) in [5.41, 5.74) is 4.05. The molecule has 16 heavy (non-hydrogen) atoms. The first-order valence-corrected chi connectivity index (χ1v) is 5.02. The van der Waals surface area contributed by atoms with Crippen molar-refractivity contribution in [2.45, 2.75) is 12.2 Å². The SMILES string of the molecule is N[C@@H](CO)c1cc(Br)cc(C(F)(F)F)c1O. The van der Waals surface area contributed by atoms with Crippen molar-refractivity contribution in [2.75, 3.05) is 6.61 Å². The number of hydrogen-bond donors (Lipinski definition) is 3. The Bertz CT molecular complexity index is 395.